The topological polar surface area (TPSA) is 70.0 Å². The molecule has 0 spiro atoms. The molecule has 0 unspecified atom stereocenters. The van der Waals surface area contributed by atoms with Crippen molar-refractivity contribution < 1.29 is 9.47 Å². The number of hydrogen-bond acceptors (Lipinski definition) is 8. The van der Waals surface area contributed by atoms with E-state index in [1.165, 1.54) is 51.4 Å². The third-order valence-electron chi connectivity index (χ3n) is 6.20. The Kier molecular flexibility index (Phi) is 12.9. The van der Waals surface area contributed by atoms with Crippen molar-refractivity contribution in [1.82, 2.24) is 19.9 Å². The van der Waals surface area contributed by atoms with Gasteiger partial charge in [0.05, 0.1) is 36.0 Å². The van der Waals surface area contributed by atoms with E-state index in [2.05, 4.69) is 30.7 Å². The molecule has 0 aliphatic rings. The normalized spacial score (nSPS) is 11.3. The molecule has 0 saturated carbocycles. The third-order valence-corrected chi connectivity index (χ3v) is 8.03. The summed E-state index contributed by atoms with van der Waals surface area (Å²) in [5.41, 5.74) is 3.85. The quantitative estimate of drug-likeness (QED) is 0.109. The van der Waals surface area contributed by atoms with Crippen molar-refractivity contribution >= 4 is 22.7 Å². The van der Waals surface area contributed by atoms with Crippen molar-refractivity contribution in [3.63, 3.8) is 0 Å². The predicted molar refractivity (Wildman–Crippen MR) is 156 cm³/mol. The summed E-state index contributed by atoms with van der Waals surface area (Å²) in [5, 5.41) is 6.05. The molecule has 4 aromatic heterocycles. The van der Waals surface area contributed by atoms with Gasteiger partial charge in [-0.3, -0.25) is 9.97 Å². The van der Waals surface area contributed by atoms with Crippen LogP contribution in [0.25, 0.3) is 21.4 Å². The highest BCUT2D eigenvalue weighted by atomic mass is 32.1. The molecule has 0 aliphatic heterocycles. The Balaban J connectivity index is 0.900. The molecular weight excluding hydrogens is 512 g/mol. The minimum absolute atomic E-state index is 0.589. The number of thiazole rings is 2. The standard InChI is InChI=1S/C30H38N4O2S2/c1(3-5-7-13-19-35-21-25-23-37-29(33-25)27-15-9-11-17-31-27)2-4-6-8-14-20-36-22-26-24-38-30(34-26)28-16-10-12-18-32-28/h9-12,15-18,23-24H,1-8,13-14,19-22H2. The van der Waals surface area contributed by atoms with Crippen molar-refractivity contribution in [1.29, 1.82) is 0 Å². The van der Waals surface area contributed by atoms with Gasteiger partial charge in [0, 0.05) is 36.4 Å². The third kappa shape index (κ3) is 10.3. The highest BCUT2D eigenvalue weighted by Gasteiger charge is 2.06. The lowest BCUT2D eigenvalue weighted by Gasteiger charge is -2.04. The Morgan fingerprint density at radius 1 is 0.526 bits per heavy atom. The van der Waals surface area contributed by atoms with E-state index < -0.39 is 0 Å². The first-order valence-electron chi connectivity index (χ1n) is 13.8. The molecular formula is C30H38N4O2S2. The van der Waals surface area contributed by atoms with Crippen LogP contribution in [0.15, 0.2) is 59.6 Å². The summed E-state index contributed by atoms with van der Waals surface area (Å²) in [5.74, 6) is 0. The van der Waals surface area contributed by atoms with Gasteiger partial charge in [0.15, 0.2) is 0 Å². The average molecular weight is 551 g/mol. The number of pyridine rings is 2. The summed E-state index contributed by atoms with van der Waals surface area (Å²) in [6, 6.07) is 11.8. The van der Waals surface area contributed by atoms with E-state index in [0.717, 1.165) is 58.8 Å². The van der Waals surface area contributed by atoms with Crippen LogP contribution in [0.3, 0.4) is 0 Å². The van der Waals surface area contributed by atoms with Crippen LogP contribution in [0.2, 0.25) is 0 Å². The molecule has 0 radical (unpaired) electrons. The molecule has 38 heavy (non-hydrogen) atoms. The molecule has 0 saturated heterocycles. The number of aromatic nitrogens is 4. The Labute approximate surface area is 234 Å². The molecule has 4 heterocycles. The van der Waals surface area contributed by atoms with Crippen LogP contribution in [0.5, 0.6) is 0 Å². The summed E-state index contributed by atoms with van der Waals surface area (Å²) in [7, 11) is 0. The monoisotopic (exact) mass is 550 g/mol. The minimum atomic E-state index is 0.589. The molecule has 6 nitrogen and oxygen atoms in total. The largest absolute Gasteiger partial charge is 0.375 e. The van der Waals surface area contributed by atoms with Gasteiger partial charge in [-0.1, -0.05) is 63.5 Å². The summed E-state index contributed by atoms with van der Waals surface area (Å²) < 4.78 is 11.6. The van der Waals surface area contributed by atoms with Crippen molar-refractivity contribution in [3.05, 3.63) is 70.9 Å². The van der Waals surface area contributed by atoms with Gasteiger partial charge in [0.25, 0.3) is 0 Å². The molecule has 0 N–H and O–H groups in total. The smallest absolute Gasteiger partial charge is 0.142 e. The molecule has 202 valence electrons. The van der Waals surface area contributed by atoms with E-state index in [-0.39, 0.29) is 0 Å². The average Bonchev–Trinajstić information content (AvgIpc) is 3.64. The molecule has 0 atom stereocenters. The molecule has 8 heteroatoms. The van der Waals surface area contributed by atoms with Crippen molar-refractivity contribution in [2.45, 2.75) is 77.4 Å². The molecule has 4 aromatic rings. The lowest BCUT2D eigenvalue weighted by Crippen LogP contribution is -1.96. The second-order valence-electron chi connectivity index (χ2n) is 9.36. The van der Waals surface area contributed by atoms with E-state index in [9.17, 15) is 0 Å². The fourth-order valence-electron chi connectivity index (χ4n) is 4.14. The van der Waals surface area contributed by atoms with Crippen LogP contribution in [0.4, 0.5) is 0 Å². The van der Waals surface area contributed by atoms with E-state index in [0.29, 0.717) is 13.2 Å². The van der Waals surface area contributed by atoms with Crippen LogP contribution in [-0.4, -0.2) is 33.1 Å². The highest BCUT2D eigenvalue weighted by molar-refractivity contribution is 7.13. The number of rotatable bonds is 19. The lowest BCUT2D eigenvalue weighted by atomic mass is 10.1. The van der Waals surface area contributed by atoms with E-state index in [1.54, 1.807) is 35.1 Å². The zero-order valence-electron chi connectivity index (χ0n) is 22.1. The Bertz CT molecular complexity index is 1060. The van der Waals surface area contributed by atoms with Gasteiger partial charge < -0.3 is 9.47 Å². The molecule has 0 aliphatic carbocycles. The zero-order chi connectivity index (χ0) is 26.1. The SMILES string of the molecule is c1ccc(-c2nc(COCCCCCCCCCCCCOCc3csc(-c4ccccn4)n3)cs2)nc1. The fraction of sp³-hybridized carbons (Fsp3) is 0.467. The van der Waals surface area contributed by atoms with Gasteiger partial charge in [-0.05, 0) is 37.1 Å². The zero-order valence-corrected chi connectivity index (χ0v) is 23.7. The number of ether oxygens (including phenoxy) is 2. The summed E-state index contributed by atoms with van der Waals surface area (Å²) in [6.07, 6.45) is 16.3. The maximum absolute atomic E-state index is 5.82. The second-order valence-corrected chi connectivity index (χ2v) is 11.1. The van der Waals surface area contributed by atoms with Crippen LogP contribution in [0, 0.1) is 0 Å². The van der Waals surface area contributed by atoms with Crippen LogP contribution < -0.4 is 0 Å². The maximum atomic E-state index is 5.82. The van der Waals surface area contributed by atoms with E-state index in [1.807, 2.05) is 36.4 Å². The predicted octanol–water partition coefficient (Wildman–Crippen LogP) is 8.36. The van der Waals surface area contributed by atoms with Crippen molar-refractivity contribution in [3.8, 4) is 21.4 Å². The molecule has 0 fully saturated rings. The highest BCUT2D eigenvalue weighted by Crippen LogP contribution is 2.23. The second kappa shape index (κ2) is 17.1. The first-order valence-corrected chi connectivity index (χ1v) is 15.5. The summed E-state index contributed by atoms with van der Waals surface area (Å²) in [4.78, 5) is 18.0. The summed E-state index contributed by atoms with van der Waals surface area (Å²) >= 11 is 3.25. The van der Waals surface area contributed by atoms with Gasteiger partial charge in [0.1, 0.15) is 10.0 Å². The van der Waals surface area contributed by atoms with Gasteiger partial charge in [-0.25, -0.2) is 9.97 Å². The Morgan fingerprint density at radius 2 is 0.947 bits per heavy atom. The van der Waals surface area contributed by atoms with Crippen LogP contribution >= 0.6 is 22.7 Å². The van der Waals surface area contributed by atoms with Crippen LogP contribution in [-0.2, 0) is 22.7 Å². The van der Waals surface area contributed by atoms with Gasteiger partial charge in [0.2, 0.25) is 0 Å². The Hall–Kier alpha value is -2.52. The summed E-state index contributed by atoms with van der Waals surface area (Å²) in [6.45, 7) is 2.80. The van der Waals surface area contributed by atoms with Gasteiger partial charge in [-0.15, -0.1) is 22.7 Å². The number of unbranched alkanes of at least 4 members (excludes halogenated alkanes) is 9. The first kappa shape index (κ1) is 28.5. The fourth-order valence-corrected chi connectivity index (χ4v) is 5.70. The maximum Gasteiger partial charge on any atom is 0.142 e. The van der Waals surface area contributed by atoms with E-state index >= 15 is 0 Å². The number of nitrogens with zero attached hydrogens (tertiary/aromatic N) is 4. The molecule has 0 amide bonds. The molecule has 0 bridgehead atoms. The lowest BCUT2D eigenvalue weighted by molar-refractivity contribution is 0.114. The van der Waals surface area contributed by atoms with Crippen LogP contribution in [0.1, 0.15) is 75.6 Å². The molecule has 0 aromatic carbocycles. The molecule has 4 rings (SSSR count). The Morgan fingerprint density at radius 3 is 1.34 bits per heavy atom. The van der Waals surface area contributed by atoms with Crippen molar-refractivity contribution in [2.75, 3.05) is 13.2 Å². The van der Waals surface area contributed by atoms with Gasteiger partial charge in [-0.2, -0.15) is 0 Å². The van der Waals surface area contributed by atoms with Crippen molar-refractivity contribution in [2.24, 2.45) is 0 Å². The first-order chi connectivity index (χ1) is 18.9. The van der Waals surface area contributed by atoms with Gasteiger partial charge >= 0.3 is 0 Å². The van der Waals surface area contributed by atoms with E-state index in [4.69, 9.17) is 9.47 Å². The minimum Gasteiger partial charge on any atom is -0.375 e. The number of hydrogen-bond donors (Lipinski definition) is 0.